The predicted octanol–water partition coefficient (Wildman–Crippen LogP) is 2.04. The molecule has 1 aromatic carbocycles. The molecule has 0 aliphatic carbocycles. The van der Waals surface area contributed by atoms with Gasteiger partial charge in [-0.15, -0.1) is 11.8 Å². The average Bonchev–Trinajstić information content (AvgIpc) is 2.79. The highest BCUT2D eigenvalue weighted by molar-refractivity contribution is 8.00. The number of nitrogens with zero attached hydrogens (tertiary/aromatic N) is 1. The lowest BCUT2D eigenvalue weighted by molar-refractivity contribution is -0.128. The largest absolute Gasteiger partial charge is 0.341 e. The summed E-state index contributed by atoms with van der Waals surface area (Å²) in [5.74, 6) is 0.624. The molecule has 4 nitrogen and oxygen atoms in total. The molecule has 1 amide bonds. The second kappa shape index (κ2) is 6.40. The van der Waals surface area contributed by atoms with E-state index in [-0.39, 0.29) is 23.5 Å². The number of sulfone groups is 1. The van der Waals surface area contributed by atoms with Crippen molar-refractivity contribution in [1.82, 2.24) is 4.90 Å². The monoisotopic (exact) mass is 327 g/mol. The Morgan fingerprint density at radius 3 is 2.62 bits per heavy atom. The van der Waals surface area contributed by atoms with Crippen LogP contribution in [0.1, 0.15) is 17.5 Å². The van der Waals surface area contributed by atoms with Crippen LogP contribution in [0.5, 0.6) is 0 Å². The number of carbonyl (C=O) groups excluding carboxylic acids is 1. The maximum Gasteiger partial charge on any atom is 0.232 e. The average molecular weight is 327 g/mol. The number of thioether (sulfide) groups is 1. The van der Waals surface area contributed by atoms with Crippen molar-refractivity contribution in [1.29, 1.82) is 0 Å². The number of amides is 1. The van der Waals surface area contributed by atoms with Crippen molar-refractivity contribution in [2.24, 2.45) is 0 Å². The maximum absolute atomic E-state index is 12.2. The molecule has 0 unspecified atom stereocenters. The van der Waals surface area contributed by atoms with E-state index in [1.165, 1.54) is 22.9 Å². The predicted molar refractivity (Wildman–Crippen MR) is 86.5 cm³/mol. The van der Waals surface area contributed by atoms with Crippen LogP contribution in [0.2, 0.25) is 0 Å². The van der Waals surface area contributed by atoms with Gasteiger partial charge >= 0.3 is 0 Å². The fraction of sp³-hybridized carbons (Fsp3) is 0.533. The van der Waals surface area contributed by atoms with Crippen molar-refractivity contribution in [3.8, 4) is 0 Å². The van der Waals surface area contributed by atoms with Crippen LogP contribution >= 0.6 is 11.8 Å². The molecule has 6 heteroatoms. The summed E-state index contributed by atoms with van der Waals surface area (Å²) in [5.41, 5.74) is 2.45. The molecule has 1 aliphatic rings. The van der Waals surface area contributed by atoms with Gasteiger partial charge in [0.1, 0.15) is 0 Å². The molecule has 1 aromatic rings. The Bertz CT molecular complexity index is 640. The highest BCUT2D eigenvalue weighted by atomic mass is 32.2. The van der Waals surface area contributed by atoms with Gasteiger partial charge in [-0.1, -0.05) is 6.07 Å². The summed E-state index contributed by atoms with van der Waals surface area (Å²) < 4.78 is 22.9. The molecule has 0 radical (unpaired) electrons. The Kier molecular flexibility index (Phi) is 4.99. The zero-order chi connectivity index (χ0) is 15.6. The molecule has 116 valence electrons. The normalized spacial score (nSPS) is 20.4. The summed E-state index contributed by atoms with van der Waals surface area (Å²) in [6, 6.07) is 5.98. The van der Waals surface area contributed by atoms with E-state index in [1.54, 1.807) is 11.9 Å². The Hall–Kier alpha value is -1.01. The molecule has 1 atom stereocenters. The van der Waals surface area contributed by atoms with E-state index >= 15 is 0 Å². The van der Waals surface area contributed by atoms with E-state index in [1.807, 2.05) is 6.07 Å². The summed E-state index contributed by atoms with van der Waals surface area (Å²) >= 11 is 1.50. The highest BCUT2D eigenvalue weighted by Gasteiger charge is 2.32. The van der Waals surface area contributed by atoms with E-state index in [2.05, 4.69) is 26.0 Å². The quantitative estimate of drug-likeness (QED) is 0.794. The van der Waals surface area contributed by atoms with Gasteiger partial charge in [-0.05, 0) is 43.5 Å². The van der Waals surface area contributed by atoms with Gasteiger partial charge < -0.3 is 4.90 Å². The molecule has 0 bridgehead atoms. The zero-order valence-corrected chi connectivity index (χ0v) is 14.3. The van der Waals surface area contributed by atoms with Gasteiger partial charge in [-0.2, -0.15) is 0 Å². The van der Waals surface area contributed by atoms with E-state index in [4.69, 9.17) is 0 Å². The lowest BCUT2D eigenvalue weighted by Gasteiger charge is -2.23. The standard InChI is InChI=1S/C15H21NO3S2/c1-11-4-5-14(8-12(11)2)20-9-15(17)16(3)13-6-7-21(18,19)10-13/h4-5,8,13H,6-7,9-10H2,1-3H3/t13-/m1/s1. The lowest BCUT2D eigenvalue weighted by Crippen LogP contribution is -2.38. The number of carbonyl (C=O) groups is 1. The van der Waals surface area contributed by atoms with E-state index in [0.29, 0.717) is 12.2 Å². The van der Waals surface area contributed by atoms with Crippen molar-refractivity contribution in [2.75, 3.05) is 24.3 Å². The van der Waals surface area contributed by atoms with Crippen molar-refractivity contribution >= 4 is 27.5 Å². The highest BCUT2D eigenvalue weighted by Crippen LogP contribution is 2.23. The lowest BCUT2D eigenvalue weighted by atomic mass is 10.1. The van der Waals surface area contributed by atoms with Crippen molar-refractivity contribution in [3.63, 3.8) is 0 Å². The molecule has 21 heavy (non-hydrogen) atoms. The first-order valence-electron chi connectivity index (χ1n) is 6.94. The minimum atomic E-state index is -2.95. The van der Waals surface area contributed by atoms with Crippen LogP contribution in [0.3, 0.4) is 0 Å². The van der Waals surface area contributed by atoms with Crippen LogP contribution in [0.15, 0.2) is 23.1 Å². The van der Waals surface area contributed by atoms with Crippen LogP contribution in [0.25, 0.3) is 0 Å². The van der Waals surface area contributed by atoms with Crippen LogP contribution < -0.4 is 0 Å². The Labute approximate surface area is 130 Å². The molecule has 0 aromatic heterocycles. The third-order valence-electron chi connectivity index (χ3n) is 3.99. The Morgan fingerprint density at radius 1 is 1.33 bits per heavy atom. The molecule has 0 spiro atoms. The van der Waals surface area contributed by atoms with E-state index in [9.17, 15) is 13.2 Å². The fourth-order valence-electron chi connectivity index (χ4n) is 2.34. The number of aryl methyl sites for hydroxylation is 2. The first-order valence-corrected chi connectivity index (χ1v) is 9.75. The van der Waals surface area contributed by atoms with Gasteiger partial charge in [0.25, 0.3) is 0 Å². The Morgan fingerprint density at radius 2 is 2.05 bits per heavy atom. The molecule has 1 fully saturated rings. The summed E-state index contributed by atoms with van der Waals surface area (Å²) in [6.45, 7) is 4.11. The SMILES string of the molecule is Cc1ccc(SCC(=O)N(C)[C@@H]2CCS(=O)(=O)C2)cc1C. The molecule has 1 saturated heterocycles. The molecule has 0 saturated carbocycles. The third kappa shape index (κ3) is 4.23. The molecule has 0 N–H and O–H groups in total. The van der Waals surface area contributed by atoms with Crippen LogP contribution in [-0.4, -0.2) is 49.6 Å². The smallest absolute Gasteiger partial charge is 0.232 e. The van der Waals surface area contributed by atoms with Crippen molar-refractivity contribution < 1.29 is 13.2 Å². The van der Waals surface area contributed by atoms with E-state index < -0.39 is 9.84 Å². The van der Waals surface area contributed by atoms with Gasteiger partial charge in [0.15, 0.2) is 9.84 Å². The first-order chi connectivity index (χ1) is 9.78. The van der Waals surface area contributed by atoms with Gasteiger partial charge in [-0.3, -0.25) is 4.79 Å². The Balaban J connectivity index is 1.91. The molecular formula is C15H21NO3S2. The van der Waals surface area contributed by atoms with Gasteiger partial charge in [0.05, 0.1) is 17.3 Å². The van der Waals surface area contributed by atoms with Crippen LogP contribution in [0, 0.1) is 13.8 Å². The molecule has 1 heterocycles. The van der Waals surface area contributed by atoms with Gasteiger partial charge in [0.2, 0.25) is 5.91 Å². The summed E-state index contributed by atoms with van der Waals surface area (Å²) in [6.07, 6.45) is 0.554. The minimum Gasteiger partial charge on any atom is -0.341 e. The zero-order valence-electron chi connectivity index (χ0n) is 12.6. The molecular weight excluding hydrogens is 306 g/mol. The summed E-state index contributed by atoms with van der Waals surface area (Å²) in [5, 5.41) is 0. The van der Waals surface area contributed by atoms with Gasteiger partial charge in [-0.25, -0.2) is 8.42 Å². The fourth-order valence-corrected chi connectivity index (χ4v) is 5.03. The summed E-state index contributed by atoms with van der Waals surface area (Å²) in [7, 11) is -1.25. The second-order valence-electron chi connectivity index (χ2n) is 5.60. The number of hydrogen-bond acceptors (Lipinski definition) is 4. The molecule has 1 aliphatic heterocycles. The van der Waals surface area contributed by atoms with E-state index in [0.717, 1.165) is 4.90 Å². The number of rotatable bonds is 4. The van der Waals surface area contributed by atoms with Crippen LogP contribution in [0.4, 0.5) is 0 Å². The summed E-state index contributed by atoms with van der Waals surface area (Å²) in [4.78, 5) is 14.8. The molecule has 2 rings (SSSR count). The van der Waals surface area contributed by atoms with Crippen molar-refractivity contribution in [2.45, 2.75) is 31.2 Å². The first kappa shape index (κ1) is 16.4. The second-order valence-corrected chi connectivity index (χ2v) is 8.87. The third-order valence-corrected chi connectivity index (χ3v) is 6.72. The van der Waals surface area contributed by atoms with Gasteiger partial charge in [0, 0.05) is 18.0 Å². The topological polar surface area (TPSA) is 54.5 Å². The van der Waals surface area contributed by atoms with Crippen molar-refractivity contribution in [3.05, 3.63) is 29.3 Å². The number of benzene rings is 1. The minimum absolute atomic E-state index is 0.0136. The van der Waals surface area contributed by atoms with Crippen LogP contribution in [-0.2, 0) is 14.6 Å². The number of hydrogen-bond donors (Lipinski definition) is 0. The maximum atomic E-state index is 12.2.